The second kappa shape index (κ2) is 4.73. The lowest BCUT2D eigenvalue weighted by molar-refractivity contribution is -0.140. The van der Waals surface area contributed by atoms with Crippen molar-refractivity contribution in [1.29, 1.82) is 5.26 Å². The highest BCUT2D eigenvalue weighted by Crippen LogP contribution is 2.64. The van der Waals surface area contributed by atoms with E-state index >= 15 is 0 Å². The molecule has 1 aliphatic heterocycles. The number of hydrogen-bond donors (Lipinski definition) is 1. The first kappa shape index (κ1) is 14.5. The fraction of sp³-hybridized carbons (Fsp3) is 0.895. The maximum atomic E-state index is 12.1. The Labute approximate surface area is 133 Å². The molecule has 2 unspecified atom stereocenters. The van der Waals surface area contributed by atoms with Crippen LogP contribution < -0.4 is 5.32 Å². The van der Waals surface area contributed by atoms with Gasteiger partial charge in [-0.15, -0.1) is 0 Å². The van der Waals surface area contributed by atoms with Crippen LogP contribution in [-0.4, -0.2) is 11.9 Å². The summed E-state index contributed by atoms with van der Waals surface area (Å²) < 4.78 is 0. The number of nitrogens with one attached hydrogen (secondary N) is 1. The molecule has 0 aromatic carbocycles. The highest BCUT2D eigenvalue weighted by molar-refractivity contribution is 5.82. The van der Waals surface area contributed by atoms with Gasteiger partial charge in [0.05, 0.1) is 6.07 Å². The predicted molar refractivity (Wildman–Crippen MR) is 84.7 cm³/mol. The van der Waals surface area contributed by atoms with Crippen molar-refractivity contribution in [2.45, 2.75) is 71.3 Å². The molecule has 0 aromatic rings. The van der Waals surface area contributed by atoms with Gasteiger partial charge in [-0.25, -0.2) is 0 Å². The van der Waals surface area contributed by atoms with Crippen molar-refractivity contribution in [3.8, 4) is 6.07 Å². The second-order valence-electron chi connectivity index (χ2n) is 8.99. The van der Waals surface area contributed by atoms with E-state index in [1.54, 1.807) is 0 Å². The molecule has 0 aromatic heterocycles. The Morgan fingerprint density at radius 1 is 1.14 bits per heavy atom. The van der Waals surface area contributed by atoms with E-state index in [0.717, 1.165) is 24.7 Å². The van der Waals surface area contributed by atoms with Crippen molar-refractivity contribution in [1.82, 2.24) is 5.32 Å². The van der Waals surface area contributed by atoms with Crippen LogP contribution in [0, 0.1) is 45.8 Å². The van der Waals surface area contributed by atoms with Gasteiger partial charge in [0.2, 0.25) is 5.91 Å². The van der Waals surface area contributed by atoms with Gasteiger partial charge in [0.25, 0.3) is 0 Å². The highest BCUT2D eigenvalue weighted by atomic mass is 16.2. The molecule has 1 N–H and O–H groups in total. The zero-order valence-electron chi connectivity index (χ0n) is 13.9. The van der Waals surface area contributed by atoms with Gasteiger partial charge >= 0.3 is 0 Å². The molecule has 3 heteroatoms. The number of rotatable bonds is 0. The molecule has 4 fully saturated rings. The average molecular weight is 300 g/mol. The van der Waals surface area contributed by atoms with Crippen LogP contribution in [0.25, 0.3) is 0 Å². The molecule has 1 saturated heterocycles. The smallest absolute Gasteiger partial charge is 0.237 e. The largest absolute Gasteiger partial charge is 0.352 e. The monoisotopic (exact) mass is 300 g/mol. The first-order chi connectivity index (χ1) is 10.5. The van der Waals surface area contributed by atoms with Crippen LogP contribution in [0.1, 0.15) is 65.2 Å². The van der Waals surface area contributed by atoms with Crippen LogP contribution >= 0.6 is 0 Å². The lowest BCUT2D eigenvalue weighted by Crippen LogP contribution is -2.62. The van der Waals surface area contributed by atoms with Crippen molar-refractivity contribution in [3.63, 3.8) is 0 Å². The van der Waals surface area contributed by atoms with Crippen LogP contribution in [0.5, 0.6) is 0 Å². The quantitative estimate of drug-likeness (QED) is 0.742. The Bertz CT molecular complexity index is 538. The Hall–Kier alpha value is -1.04. The Morgan fingerprint density at radius 2 is 1.95 bits per heavy atom. The van der Waals surface area contributed by atoms with E-state index in [9.17, 15) is 10.1 Å². The first-order valence-corrected chi connectivity index (χ1v) is 9.18. The third-order valence-electron chi connectivity index (χ3n) is 8.08. The first-order valence-electron chi connectivity index (χ1n) is 9.18. The maximum absolute atomic E-state index is 12.1. The second-order valence-corrected chi connectivity index (χ2v) is 8.99. The summed E-state index contributed by atoms with van der Waals surface area (Å²) in [5, 5.41) is 12.5. The standard InChI is InChI=1S/C19H28N2O/c1-18-8-3-4-14(18)13-5-6-16-19(2,15(13)7-9-18)10-12(11-20)17(22)21-16/h12-16H,3-10H2,1-2H3,(H,21,22)/t12?,13-,14-,15+,16?,18-,19+/m0/s1. The zero-order chi connectivity index (χ0) is 15.5. The van der Waals surface area contributed by atoms with Crippen molar-refractivity contribution in [2.24, 2.45) is 34.5 Å². The van der Waals surface area contributed by atoms with Gasteiger partial charge in [0.1, 0.15) is 5.92 Å². The highest BCUT2D eigenvalue weighted by Gasteiger charge is 2.59. The summed E-state index contributed by atoms with van der Waals surface area (Å²) in [6.07, 6.45) is 10.1. The van der Waals surface area contributed by atoms with Crippen LogP contribution in [0.15, 0.2) is 0 Å². The van der Waals surface area contributed by atoms with Crippen LogP contribution in [0.3, 0.4) is 0 Å². The lowest BCUT2D eigenvalue weighted by atomic mass is 9.47. The van der Waals surface area contributed by atoms with E-state index in [1.807, 2.05) is 0 Å². The molecule has 3 saturated carbocycles. The predicted octanol–water partition coefficient (Wildman–Crippen LogP) is 3.65. The molecule has 22 heavy (non-hydrogen) atoms. The SMILES string of the molecule is C[C@@]12CCC[C@H]1[C@@H]1CCC3NC(=O)C(C#N)C[C@]3(C)[C@@H]1CC2. The van der Waals surface area contributed by atoms with Gasteiger partial charge in [-0.1, -0.05) is 20.3 Å². The molecule has 7 atom stereocenters. The van der Waals surface area contributed by atoms with Gasteiger partial charge in [-0.2, -0.15) is 5.26 Å². The minimum atomic E-state index is -0.433. The zero-order valence-corrected chi connectivity index (χ0v) is 13.9. The fourth-order valence-corrected chi connectivity index (χ4v) is 6.89. The summed E-state index contributed by atoms with van der Waals surface area (Å²) in [4.78, 5) is 12.1. The number of nitriles is 1. The van der Waals surface area contributed by atoms with E-state index in [-0.39, 0.29) is 11.3 Å². The number of amides is 1. The molecule has 1 heterocycles. The summed E-state index contributed by atoms with van der Waals surface area (Å²) in [5.74, 6) is 1.97. The maximum Gasteiger partial charge on any atom is 0.237 e. The van der Waals surface area contributed by atoms with Gasteiger partial charge < -0.3 is 5.32 Å². The minimum absolute atomic E-state index is 0.0232. The molecule has 4 rings (SSSR count). The van der Waals surface area contributed by atoms with Crippen LogP contribution in [0.2, 0.25) is 0 Å². The average Bonchev–Trinajstić information content (AvgIpc) is 2.89. The number of hydrogen-bond acceptors (Lipinski definition) is 2. The molecule has 3 aliphatic carbocycles. The summed E-state index contributed by atoms with van der Waals surface area (Å²) in [5.41, 5.74) is 0.720. The summed E-state index contributed by atoms with van der Waals surface area (Å²) in [6.45, 7) is 4.89. The minimum Gasteiger partial charge on any atom is -0.352 e. The van der Waals surface area contributed by atoms with Crippen LogP contribution in [0.4, 0.5) is 0 Å². The third kappa shape index (κ3) is 1.82. The molecule has 0 bridgehead atoms. The van der Waals surface area contributed by atoms with E-state index in [0.29, 0.717) is 17.4 Å². The van der Waals surface area contributed by atoms with Gasteiger partial charge in [-0.3, -0.25) is 4.79 Å². The van der Waals surface area contributed by atoms with E-state index in [1.165, 1.54) is 38.5 Å². The van der Waals surface area contributed by atoms with Crippen molar-refractivity contribution >= 4 is 5.91 Å². The van der Waals surface area contributed by atoms with E-state index in [4.69, 9.17) is 0 Å². The number of fused-ring (bicyclic) bond motifs is 5. The molecule has 120 valence electrons. The number of carbonyl (C=O) groups is 1. The molecule has 3 nitrogen and oxygen atoms in total. The van der Waals surface area contributed by atoms with Gasteiger partial charge in [0.15, 0.2) is 0 Å². The molecular formula is C19H28N2O. The number of nitrogens with zero attached hydrogens (tertiary/aromatic N) is 1. The third-order valence-corrected chi connectivity index (χ3v) is 8.08. The van der Waals surface area contributed by atoms with Crippen molar-refractivity contribution in [2.75, 3.05) is 0 Å². The molecule has 0 radical (unpaired) electrons. The lowest BCUT2D eigenvalue weighted by Gasteiger charge is -2.60. The van der Waals surface area contributed by atoms with Crippen molar-refractivity contribution < 1.29 is 4.79 Å². The summed E-state index contributed by atoms with van der Waals surface area (Å²) in [7, 11) is 0. The van der Waals surface area contributed by atoms with E-state index < -0.39 is 5.92 Å². The normalized spacial score (nSPS) is 53.7. The Morgan fingerprint density at radius 3 is 2.73 bits per heavy atom. The summed E-state index contributed by atoms with van der Waals surface area (Å²) in [6, 6.07) is 2.55. The molecule has 4 aliphatic rings. The van der Waals surface area contributed by atoms with Crippen molar-refractivity contribution in [3.05, 3.63) is 0 Å². The molecule has 1 amide bonds. The van der Waals surface area contributed by atoms with E-state index in [2.05, 4.69) is 25.2 Å². The Balaban J connectivity index is 1.65. The van der Waals surface area contributed by atoms with Gasteiger partial charge in [-0.05, 0) is 73.5 Å². The molecule has 0 spiro atoms. The number of piperidine rings is 1. The summed E-state index contributed by atoms with van der Waals surface area (Å²) >= 11 is 0. The number of carbonyl (C=O) groups excluding carboxylic acids is 1. The fourth-order valence-electron chi connectivity index (χ4n) is 6.89. The molecular weight excluding hydrogens is 272 g/mol. The Kier molecular flexibility index (Phi) is 3.13. The van der Waals surface area contributed by atoms with Crippen LogP contribution in [-0.2, 0) is 4.79 Å². The topological polar surface area (TPSA) is 52.9 Å². The van der Waals surface area contributed by atoms with Gasteiger partial charge in [0, 0.05) is 6.04 Å².